The molecule has 3 aromatic carbocycles. The third kappa shape index (κ3) is 8.08. The number of imide groups is 1. The second-order valence-corrected chi connectivity index (χ2v) is 11.4. The topological polar surface area (TPSA) is 68.7 Å². The number of fused-ring (bicyclic) bond motifs is 2. The predicted molar refractivity (Wildman–Crippen MR) is 170 cm³/mol. The highest BCUT2D eigenvalue weighted by molar-refractivity contribution is 6.20. The molecule has 0 N–H and O–H groups in total. The van der Waals surface area contributed by atoms with Crippen LogP contribution >= 0.6 is 0 Å². The molecular weight excluding hydrogens is 536 g/mol. The van der Waals surface area contributed by atoms with Crippen LogP contribution in [-0.4, -0.2) is 21.9 Å². The summed E-state index contributed by atoms with van der Waals surface area (Å²) in [5.74, 6) is -0.0925. The van der Waals surface area contributed by atoms with Gasteiger partial charge in [0, 0.05) is 5.39 Å². The molecule has 0 spiro atoms. The molecule has 224 valence electrons. The Kier molecular flexibility index (Phi) is 10.9. The van der Waals surface area contributed by atoms with Gasteiger partial charge in [0.1, 0.15) is 18.5 Å². The first kappa shape index (κ1) is 30.4. The van der Waals surface area contributed by atoms with Crippen molar-refractivity contribution in [3.63, 3.8) is 0 Å². The molecule has 1 aliphatic heterocycles. The summed E-state index contributed by atoms with van der Waals surface area (Å²) in [6.45, 7) is 2.61. The molecule has 1 unspecified atom stereocenters. The maximum Gasteiger partial charge on any atom is 0.285 e. The van der Waals surface area contributed by atoms with Crippen LogP contribution in [0.3, 0.4) is 0 Å². The number of nitrogens with zero attached hydrogens (tertiary/aromatic N) is 2. The zero-order valence-electron chi connectivity index (χ0n) is 25.2. The number of unbranched alkanes of at least 4 members (excludes halogenated alkanes) is 9. The molecule has 0 fully saturated rings. The van der Waals surface area contributed by atoms with E-state index in [1.54, 1.807) is 24.3 Å². The summed E-state index contributed by atoms with van der Waals surface area (Å²) in [6, 6.07) is 26.7. The van der Waals surface area contributed by atoms with Crippen molar-refractivity contribution in [2.75, 3.05) is 0 Å². The number of carbonyl (C=O) groups is 2. The van der Waals surface area contributed by atoms with Gasteiger partial charge in [0.15, 0.2) is 0 Å². The van der Waals surface area contributed by atoms with E-state index in [0.717, 1.165) is 45.8 Å². The van der Waals surface area contributed by atoms with Crippen LogP contribution in [-0.2, 0) is 11.4 Å². The highest BCUT2D eigenvalue weighted by Crippen LogP contribution is 2.31. The first-order chi connectivity index (χ1) is 21.1. The highest BCUT2D eigenvalue weighted by Gasteiger charge is 2.38. The molecule has 1 aliphatic rings. The summed E-state index contributed by atoms with van der Waals surface area (Å²) in [7, 11) is 0. The van der Waals surface area contributed by atoms with Crippen molar-refractivity contribution in [1.82, 2.24) is 10.0 Å². The molecule has 0 saturated carbocycles. The minimum atomic E-state index is -0.424. The summed E-state index contributed by atoms with van der Waals surface area (Å²) >= 11 is 0. The zero-order valence-corrected chi connectivity index (χ0v) is 25.2. The van der Waals surface area contributed by atoms with Crippen molar-refractivity contribution < 1.29 is 19.2 Å². The van der Waals surface area contributed by atoms with Gasteiger partial charge in [0.25, 0.3) is 11.8 Å². The summed E-state index contributed by atoms with van der Waals surface area (Å²) in [5.41, 5.74) is 3.48. The van der Waals surface area contributed by atoms with Gasteiger partial charge in [-0.05, 0) is 48.4 Å². The third-order valence-electron chi connectivity index (χ3n) is 8.10. The van der Waals surface area contributed by atoms with E-state index in [1.807, 2.05) is 54.6 Å². The number of aromatic nitrogens is 1. The number of amides is 2. The van der Waals surface area contributed by atoms with Crippen molar-refractivity contribution in [2.24, 2.45) is 0 Å². The van der Waals surface area contributed by atoms with Crippen molar-refractivity contribution in [3.8, 4) is 5.75 Å². The fourth-order valence-corrected chi connectivity index (χ4v) is 5.61. The second kappa shape index (κ2) is 15.4. The lowest BCUT2D eigenvalue weighted by Crippen LogP contribution is -2.31. The molecule has 1 atom stereocenters. The van der Waals surface area contributed by atoms with E-state index in [0.29, 0.717) is 24.2 Å². The molecule has 6 heteroatoms. The van der Waals surface area contributed by atoms with Crippen LogP contribution in [0.4, 0.5) is 0 Å². The molecule has 2 amide bonds. The number of carbonyl (C=O) groups excluding carboxylic acids is 2. The van der Waals surface area contributed by atoms with Gasteiger partial charge in [-0.15, -0.1) is 5.06 Å². The lowest BCUT2D eigenvalue weighted by Gasteiger charge is -2.23. The highest BCUT2D eigenvalue weighted by atomic mass is 16.7. The average molecular weight is 579 g/mol. The molecule has 0 radical (unpaired) electrons. The average Bonchev–Trinajstić information content (AvgIpc) is 3.29. The maximum atomic E-state index is 13.0. The lowest BCUT2D eigenvalue weighted by molar-refractivity contribution is -0.137. The van der Waals surface area contributed by atoms with E-state index in [1.165, 1.54) is 51.4 Å². The van der Waals surface area contributed by atoms with Gasteiger partial charge in [0.2, 0.25) is 0 Å². The monoisotopic (exact) mass is 578 g/mol. The Labute approximate surface area is 255 Å². The number of rotatable bonds is 17. The predicted octanol–water partition coefficient (Wildman–Crippen LogP) is 9.39. The molecule has 6 nitrogen and oxygen atoms in total. The Bertz CT molecular complexity index is 1470. The smallest absolute Gasteiger partial charge is 0.285 e. The molecule has 2 heterocycles. The van der Waals surface area contributed by atoms with Crippen molar-refractivity contribution >= 4 is 22.7 Å². The van der Waals surface area contributed by atoms with Crippen LogP contribution < -0.4 is 4.74 Å². The lowest BCUT2D eigenvalue weighted by atomic mass is 10.0. The van der Waals surface area contributed by atoms with Gasteiger partial charge in [-0.1, -0.05) is 120 Å². The van der Waals surface area contributed by atoms with E-state index >= 15 is 0 Å². The minimum Gasteiger partial charge on any atom is -0.487 e. The quantitative estimate of drug-likeness (QED) is 0.0922. The minimum absolute atomic E-state index is 0.359. The Hall–Kier alpha value is -4.03. The van der Waals surface area contributed by atoms with E-state index in [4.69, 9.17) is 9.57 Å². The first-order valence-electron chi connectivity index (χ1n) is 15.9. The van der Waals surface area contributed by atoms with E-state index < -0.39 is 17.9 Å². The molecule has 5 rings (SSSR count). The van der Waals surface area contributed by atoms with Gasteiger partial charge in [-0.3, -0.25) is 14.4 Å². The molecule has 0 saturated heterocycles. The van der Waals surface area contributed by atoms with Crippen molar-refractivity contribution in [1.29, 1.82) is 0 Å². The fraction of sp³-hybridized carbons (Fsp3) is 0.378. The van der Waals surface area contributed by atoms with E-state index in [-0.39, 0.29) is 0 Å². The van der Waals surface area contributed by atoms with Crippen molar-refractivity contribution in [3.05, 3.63) is 107 Å². The molecule has 4 aromatic rings. The van der Waals surface area contributed by atoms with Crippen LogP contribution in [0.5, 0.6) is 5.75 Å². The molecule has 1 aromatic heterocycles. The van der Waals surface area contributed by atoms with Gasteiger partial charge < -0.3 is 4.74 Å². The molecular formula is C37H42N2O4. The number of pyridine rings is 1. The van der Waals surface area contributed by atoms with Gasteiger partial charge in [-0.25, -0.2) is 4.98 Å². The summed E-state index contributed by atoms with van der Waals surface area (Å²) in [6.07, 6.45) is 12.7. The maximum absolute atomic E-state index is 13.0. The van der Waals surface area contributed by atoms with Crippen LogP contribution in [0.1, 0.15) is 116 Å². The van der Waals surface area contributed by atoms with Crippen LogP contribution in [0, 0.1) is 0 Å². The van der Waals surface area contributed by atoms with E-state index in [9.17, 15) is 9.59 Å². The number of para-hydroxylation sites is 1. The van der Waals surface area contributed by atoms with Gasteiger partial charge in [-0.2, -0.15) is 0 Å². The third-order valence-corrected chi connectivity index (χ3v) is 8.10. The summed E-state index contributed by atoms with van der Waals surface area (Å²) < 4.78 is 6.03. The Morgan fingerprint density at radius 2 is 1.28 bits per heavy atom. The van der Waals surface area contributed by atoms with Crippen LogP contribution in [0.15, 0.2) is 84.9 Å². The van der Waals surface area contributed by atoms with Gasteiger partial charge in [0.05, 0.1) is 22.3 Å². The summed E-state index contributed by atoms with van der Waals surface area (Å²) in [5, 5.41) is 2.05. The van der Waals surface area contributed by atoms with Crippen molar-refractivity contribution in [2.45, 2.75) is 90.3 Å². The first-order valence-corrected chi connectivity index (χ1v) is 15.9. The zero-order chi connectivity index (χ0) is 29.9. The fourth-order valence-electron chi connectivity index (χ4n) is 5.61. The number of ether oxygens (including phenoxy) is 1. The SMILES string of the molecule is CCCCCCCCCCCCC(ON1C(=O)c2ccccc2C1=O)c1ccc(OCc2ccc3ccccc3n2)cc1. The van der Waals surface area contributed by atoms with Crippen LogP contribution in [0.25, 0.3) is 10.9 Å². The standard InChI is InChI=1S/C37H42N2O4/c1-2-3-4-5-6-7-8-9-10-11-20-35(43-39-36(40)32-17-13-14-18-33(32)37(39)41)29-22-25-31(26-23-29)42-27-30-24-21-28-16-12-15-19-34(28)38-30/h12-19,21-26,35H,2-11,20,27H2,1H3. The second-order valence-electron chi connectivity index (χ2n) is 11.4. The number of benzene rings is 3. The summed E-state index contributed by atoms with van der Waals surface area (Å²) in [4.78, 5) is 36.9. The Balaban J connectivity index is 1.19. The normalized spacial score (nSPS) is 13.5. The largest absolute Gasteiger partial charge is 0.487 e. The molecule has 0 aliphatic carbocycles. The van der Waals surface area contributed by atoms with E-state index in [2.05, 4.69) is 18.0 Å². The molecule has 0 bridgehead atoms. The number of hydrogen-bond donors (Lipinski definition) is 0. The number of hydroxylamine groups is 2. The number of hydrogen-bond acceptors (Lipinski definition) is 5. The van der Waals surface area contributed by atoms with Gasteiger partial charge >= 0.3 is 0 Å². The Morgan fingerprint density at radius 1 is 0.674 bits per heavy atom. The molecule has 43 heavy (non-hydrogen) atoms. The Morgan fingerprint density at radius 3 is 1.95 bits per heavy atom. The van der Waals surface area contributed by atoms with Crippen LogP contribution in [0.2, 0.25) is 0 Å².